The van der Waals surface area contributed by atoms with E-state index < -0.39 is 0 Å². The molecule has 2 rings (SSSR count). The minimum atomic E-state index is -0.0296. The molecule has 0 radical (unpaired) electrons. The summed E-state index contributed by atoms with van der Waals surface area (Å²) in [7, 11) is 0. The summed E-state index contributed by atoms with van der Waals surface area (Å²) in [5.74, 6) is 0. The van der Waals surface area contributed by atoms with Gasteiger partial charge in [-0.3, -0.25) is 0 Å². The molecular weight excluding hydrogens is 236 g/mol. The molecular formula is C15H22N4. The summed E-state index contributed by atoms with van der Waals surface area (Å²) in [5, 5.41) is 8.57. The molecule has 1 unspecified atom stereocenters. The number of aromatic nitrogens is 3. The van der Waals surface area contributed by atoms with E-state index in [-0.39, 0.29) is 6.04 Å². The maximum atomic E-state index is 6.10. The SMILES string of the molecule is CCc1cccc(-n2nnc(C(N)CC)c2CC)c1. The lowest BCUT2D eigenvalue weighted by Gasteiger charge is -2.10. The first-order chi connectivity index (χ1) is 9.21. The highest BCUT2D eigenvalue weighted by Gasteiger charge is 2.17. The van der Waals surface area contributed by atoms with Crippen molar-refractivity contribution in [3.8, 4) is 5.69 Å². The Kier molecular flexibility index (Phi) is 4.32. The van der Waals surface area contributed by atoms with Crippen LogP contribution < -0.4 is 5.73 Å². The molecule has 0 amide bonds. The lowest BCUT2D eigenvalue weighted by atomic mass is 10.1. The molecule has 1 aromatic heterocycles. The van der Waals surface area contributed by atoms with E-state index >= 15 is 0 Å². The molecule has 1 heterocycles. The van der Waals surface area contributed by atoms with Gasteiger partial charge in [0.25, 0.3) is 0 Å². The summed E-state index contributed by atoms with van der Waals surface area (Å²) in [6.45, 7) is 6.34. The summed E-state index contributed by atoms with van der Waals surface area (Å²) in [5.41, 5.74) is 10.5. The fraction of sp³-hybridized carbons (Fsp3) is 0.467. The van der Waals surface area contributed by atoms with Crippen LogP contribution in [0, 0.1) is 0 Å². The van der Waals surface area contributed by atoms with E-state index in [2.05, 4.69) is 55.3 Å². The van der Waals surface area contributed by atoms with Crippen LogP contribution in [0.4, 0.5) is 0 Å². The predicted octanol–water partition coefficient (Wildman–Crippen LogP) is 2.80. The van der Waals surface area contributed by atoms with Crippen LogP contribution in [0.2, 0.25) is 0 Å². The molecule has 102 valence electrons. The first-order valence-corrected chi connectivity index (χ1v) is 7.00. The molecule has 2 N–H and O–H groups in total. The third-order valence-electron chi connectivity index (χ3n) is 3.48. The molecule has 19 heavy (non-hydrogen) atoms. The van der Waals surface area contributed by atoms with Gasteiger partial charge < -0.3 is 5.73 Å². The second-order valence-corrected chi connectivity index (χ2v) is 4.72. The van der Waals surface area contributed by atoms with E-state index in [1.54, 1.807) is 0 Å². The highest BCUT2D eigenvalue weighted by atomic mass is 15.4. The van der Waals surface area contributed by atoms with Gasteiger partial charge in [0.1, 0.15) is 5.69 Å². The van der Waals surface area contributed by atoms with Crippen LogP contribution >= 0.6 is 0 Å². The van der Waals surface area contributed by atoms with Crippen molar-refractivity contribution in [2.24, 2.45) is 5.73 Å². The number of aryl methyl sites for hydroxylation is 1. The van der Waals surface area contributed by atoms with Gasteiger partial charge >= 0.3 is 0 Å². The second kappa shape index (κ2) is 5.97. The maximum absolute atomic E-state index is 6.10. The average Bonchev–Trinajstić information content (AvgIpc) is 2.90. The van der Waals surface area contributed by atoms with Crippen molar-refractivity contribution < 1.29 is 0 Å². The summed E-state index contributed by atoms with van der Waals surface area (Å²) < 4.78 is 1.92. The van der Waals surface area contributed by atoms with Crippen molar-refractivity contribution in [1.82, 2.24) is 15.0 Å². The Morgan fingerprint density at radius 2 is 2.00 bits per heavy atom. The standard InChI is InChI=1S/C15H22N4/c1-4-11-8-7-9-12(10-11)19-14(6-3)15(17-18-19)13(16)5-2/h7-10,13H,4-6,16H2,1-3H3. The van der Waals surface area contributed by atoms with Crippen molar-refractivity contribution in [3.05, 3.63) is 41.2 Å². The molecule has 1 atom stereocenters. The van der Waals surface area contributed by atoms with Gasteiger partial charge in [0.05, 0.1) is 17.4 Å². The summed E-state index contributed by atoms with van der Waals surface area (Å²) in [4.78, 5) is 0. The molecule has 4 nitrogen and oxygen atoms in total. The van der Waals surface area contributed by atoms with Crippen LogP contribution in [0.15, 0.2) is 24.3 Å². The van der Waals surface area contributed by atoms with E-state index in [9.17, 15) is 0 Å². The van der Waals surface area contributed by atoms with Gasteiger partial charge in [-0.15, -0.1) is 5.10 Å². The van der Waals surface area contributed by atoms with Gasteiger partial charge in [-0.05, 0) is 37.0 Å². The Morgan fingerprint density at radius 1 is 1.21 bits per heavy atom. The number of nitrogens with two attached hydrogens (primary N) is 1. The lowest BCUT2D eigenvalue weighted by molar-refractivity contribution is 0.665. The molecule has 4 heteroatoms. The quantitative estimate of drug-likeness (QED) is 0.897. The predicted molar refractivity (Wildman–Crippen MR) is 77.3 cm³/mol. The summed E-state index contributed by atoms with van der Waals surface area (Å²) >= 11 is 0. The fourth-order valence-corrected chi connectivity index (χ4v) is 2.24. The van der Waals surface area contributed by atoms with Gasteiger partial charge in [-0.2, -0.15) is 0 Å². The summed E-state index contributed by atoms with van der Waals surface area (Å²) in [6, 6.07) is 8.39. The monoisotopic (exact) mass is 258 g/mol. The van der Waals surface area contributed by atoms with E-state index in [4.69, 9.17) is 5.73 Å². The molecule has 0 saturated carbocycles. The van der Waals surface area contributed by atoms with E-state index in [0.717, 1.165) is 36.3 Å². The van der Waals surface area contributed by atoms with E-state index in [0.29, 0.717) is 0 Å². The normalized spacial score (nSPS) is 12.6. The Hall–Kier alpha value is -1.68. The fourth-order valence-electron chi connectivity index (χ4n) is 2.24. The first-order valence-electron chi connectivity index (χ1n) is 7.00. The van der Waals surface area contributed by atoms with E-state index in [1.807, 2.05) is 4.68 Å². The Balaban J connectivity index is 2.47. The van der Waals surface area contributed by atoms with Crippen molar-refractivity contribution in [2.75, 3.05) is 0 Å². The largest absolute Gasteiger partial charge is 0.323 e. The van der Waals surface area contributed by atoms with Crippen LogP contribution in [0.5, 0.6) is 0 Å². The minimum Gasteiger partial charge on any atom is -0.323 e. The first kappa shape index (κ1) is 13.7. The number of hydrogen-bond acceptors (Lipinski definition) is 3. The zero-order valence-corrected chi connectivity index (χ0v) is 11.9. The average molecular weight is 258 g/mol. The van der Waals surface area contributed by atoms with Crippen LogP contribution in [0.25, 0.3) is 5.69 Å². The molecule has 0 aliphatic carbocycles. The highest BCUT2D eigenvalue weighted by molar-refractivity contribution is 5.37. The van der Waals surface area contributed by atoms with Crippen molar-refractivity contribution >= 4 is 0 Å². The third-order valence-corrected chi connectivity index (χ3v) is 3.48. The molecule has 1 aromatic carbocycles. The van der Waals surface area contributed by atoms with E-state index in [1.165, 1.54) is 5.56 Å². The number of rotatable bonds is 5. The molecule has 0 saturated heterocycles. The number of hydrogen-bond donors (Lipinski definition) is 1. The molecule has 0 fully saturated rings. The highest BCUT2D eigenvalue weighted by Crippen LogP contribution is 2.20. The van der Waals surface area contributed by atoms with Crippen LogP contribution in [-0.2, 0) is 12.8 Å². The van der Waals surface area contributed by atoms with Crippen LogP contribution in [-0.4, -0.2) is 15.0 Å². The molecule has 0 spiro atoms. The molecule has 0 aliphatic rings. The topological polar surface area (TPSA) is 56.7 Å². The second-order valence-electron chi connectivity index (χ2n) is 4.72. The Morgan fingerprint density at radius 3 is 2.63 bits per heavy atom. The van der Waals surface area contributed by atoms with Crippen LogP contribution in [0.3, 0.4) is 0 Å². The molecule has 0 aliphatic heterocycles. The lowest BCUT2D eigenvalue weighted by Crippen LogP contribution is -2.12. The van der Waals surface area contributed by atoms with Gasteiger partial charge in [-0.25, -0.2) is 4.68 Å². The van der Waals surface area contributed by atoms with Gasteiger partial charge in [0.2, 0.25) is 0 Å². The van der Waals surface area contributed by atoms with Gasteiger partial charge in [-0.1, -0.05) is 38.1 Å². The van der Waals surface area contributed by atoms with Crippen LogP contribution in [0.1, 0.15) is 50.2 Å². The smallest absolute Gasteiger partial charge is 0.103 e. The summed E-state index contributed by atoms with van der Waals surface area (Å²) in [6.07, 6.45) is 2.78. The van der Waals surface area contributed by atoms with Crippen molar-refractivity contribution in [3.63, 3.8) is 0 Å². The molecule has 0 bridgehead atoms. The van der Waals surface area contributed by atoms with Crippen molar-refractivity contribution in [1.29, 1.82) is 0 Å². The van der Waals surface area contributed by atoms with Gasteiger partial charge in [0, 0.05) is 0 Å². The number of nitrogens with zero attached hydrogens (tertiary/aromatic N) is 3. The Labute approximate surface area is 114 Å². The minimum absolute atomic E-state index is 0.0296. The zero-order chi connectivity index (χ0) is 13.8. The number of benzene rings is 1. The van der Waals surface area contributed by atoms with Crippen molar-refractivity contribution in [2.45, 2.75) is 46.1 Å². The van der Waals surface area contributed by atoms with Gasteiger partial charge in [0.15, 0.2) is 0 Å². The molecule has 2 aromatic rings. The Bertz CT molecular complexity index is 545. The maximum Gasteiger partial charge on any atom is 0.103 e. The third kappa shape index (κ3) is 2.68. The zero-order valence-electron chi connectivity index (χ0n) is 11.9.